The highest BCUT2D eigenvalue weighted by molar-refractivity contribution is 6.11. The summed E-state index contributed by atoms with van der Waals surface area (Å²) in [5, 5.41) is 30.0. The fourth-order valence-corrected chi connectivity index (χ4v) is 6.64. The zero-order valence-corrected chi connectivity index (χ0v) is 28.7. The molecule has 1 fully saturated rings. The summed E-state index contributed by atoms with van der Waals surface area (Å²) in [4.78, 5) is 63.4. The molecule has 3 unspecified atom stereocenters. The van der Waals surface area contributed by atoms with Gasteiger partial charge in [-0.2, -0.15) is 0 Å². The van der Waals surface area contributed by atoms with Gasteiger partial charge in [0.2, 0.25) is 0 Å². The fraction of sp³-hybridized carbons (Fsp3) is 0.297. The van der Waals surface area contributed by atoms with Crippen LogP contribution in [0.2, 0.25) is 0 Å². The van der Waals surface area contributed by atoms with Crippen LogP contribution in [0.3, 0.4) is 0 Å². The summed E-state index contributed by atoms with van der Waals surface area (Å²) in [5.74, 6) is -0.943. The minimum atomic E-state index is -1.29. The maximum Gasteiger partial charge on any atom is 0.412 e. The zero-order valence-electron chi connectivity index (χ0n) is 28.7. The number of hydrogen-bond acceptors (Lipinski definition) is 9. The van der Waals surface area contributed by atoms with Gasteiger partial charge in [-0.15, -0.1) is 0 Å². The molecular weight excluding hydrogens is 668 g/mol. The van der Waals surface area contributed by atoms with Crippen LogP contribution in [0, 0.1) is 5.92 Å². The standard InChI is InChI=1S/C37H40N8O7/c1-22-19-45(20-30(41-35(47)48)32(22)43-36(49)50)31-10-13-38-18-29(31)40-34(46)33-28(42-37(51)52-21-23-6-4-3-5-7-23)17-26-9-8-25(16-27(26)39-33)24-11-14-44(2)15-12-24/h3-11,13,16-18,22,30,32,41,43H,12,14-15,19-21H2,1-2H3,(H,40,46)(H,42,51)(H,47,48)(H,49,50). The lowest BCUT2D eigenvalue weighted by atomic mass is 9.89. The van der Waals surface area contributed by atoms with E-state index >= 15 is 0 Å². The van der Waals surface area contributed by atoms with E-state index in [1.807, 2.05) is 60.4 Å². The van der Waals surface area contributed by atoms with Crippen molar-refractivity contribution in [1.82, 2.24) is 25.5 Å². The number of nitrogens with zero attached hydrogens (tertiary/aromatic N) is 4. The number of nitrogens with one attached hydrogen (secondary N) is 4. The number of rotatable bonds is 9. The molecule has 2 aliphatic rings. The van der Waals surface area contributed by atoms with E-state index in [-0.39, 0.29) is 30.5 Å². The summed E-state index contributed by atoms with van der Waals surface area (Å²) in [6, 6.07) is 16.9. The minimum Gasteiger partial charge on any atom is -0.465 e. The predicted molar refractivity (Wildman–Crippen MR) is 196 cm³/mol. The first-order chi connectivity index (χ1) is 25.0. The zero-order chi connectivity index (χ0) is 36.8. The van der Waals surface area contributed by atoms with Gasteiger partial charge in [-0.05, 0) is 54.3 Å². The van der Waals surface area contributed by atoms with Crippen molar-refractivity contribution in [3.63, 3.8) is 0 Å². The van der Waals surface area contributed by atoms with Gasteiger partial charge in [0, 0.05) is 37.8 Å². The molecule has 4 heterocycles. The maximum atomic E-state index is 14.2. The predicted octanol–water partition coefficient (Wildman–Crippen LogP) is 5.08. The number of likely N-dealkylation sites (N-methyl/N-ethyl adjacent to an activating group) is 1. The average molecular weight is 709 g/mol. The average Bonchev–Trinajstić information content (AvgIpc) is 3.12. The Bertz CT molecular complexity index is 2010. The van der Waals surface area contributed by atoms with Gasteiger partial charge >= 0.3 is 18.3 Å². The number of benzene rings is 2. The highest BCUT2D eigenvalue weighted by atomic mass is 16.5. The molecule has 52 heavy (non-hydrogen) atoms. The van der Waals surface area contributed by atoms with Gasteiger partial charge in [-0.25, -0.2) is 19.4 Å². The van der Waals surface area contributed by atoms with Crippen molar-refractivity contribution in [2.45, 2.75) is 32.0 Å². The first-order valence-electron chi connectivity index (χ1n) is 16.8. The third-order valence-electron chi connectivity index (χ3n) is 9.22. The number of amides is 4. The number of carbonyl (C=O) groups is 4. The lowest BCUT2D eigenvalue weighted by Gasteiger charge is -2.43. The monoisotopic (exact) mass is 708 g/mol. The normalized spacial score (nSPS) is 18.9. The molecule has 1 saturated heterocycles. The third kappa shape index (κ3) is 8.55. The quantitative estimate of drug-likeness (QED) is 0.136. The van der Waals surface area contributed by atoms with E-state index in [0.717, 1.165) is 30.6 Å². The SMILES string of the molecule is CC1CN(c2ccncc2NC(=O)c2nc3cc(C4=CCN(C)CC4)ccc3cc2NC(=O)OCc2ccccc2)CC(NC(=O)O)C1NC(=O)O. The Morgan fingerprint density at radius 3 is 2.46 bits per heavy atom. The highest BCUT2D eigenvalue weighted by Crippen LogP contribution is 2.32. The number of anilines is 3. The van der Waals surface area contributed by atoms with Crippen molar-refractivity contribution in [3.8, 4) is 0 Å². The molecular formula is C37H40N8O7. The summed E-state index contributed by atoms with van der Waals surface area (Å²) in [6.45, 7) is 4.04. The van der Waals surface area contributed by atoms with Crippen molar-refractivity contribution in [2.75, 3.05) is 48.8 Å². The van der Waals surface area contributed by atoms with Crippen LogP contribution in [0.25, 0.3) is 16.5 Å². The van der Waals surface area contributed by atoms with Gasteiger partial charge in [-0.3, -0.25) is 15.1 Å². The maximum absolute atomic E-state index is 14.2. The second-order valence-corrected chi connectivity index (χ2v) is 13.0. The second-order valence-electron chi connectivity index (χ2n) is 13.0. The molecule has 2 aromatic carbocycles. The van der Waals surface area contributed by atoms with Crippen LogP contribution in [0.15, 0.2) is 79.1 Å². The Hall–Kier alpha value is -6.22. The van der Waals surface area contributed by atoms with Crippen molar-refractivity contribution >= 4 is 57.7 Å². The molecule has 0 saturated carbocycles. The lowest BCUT2D eigenvalue weighted by molar-refractivity contribution is 0.102. The van der Waals surface area contributed by atoms with E-state index in [9.17, 15) is 29.4 Å². The molecule has 270 valence electrons. The topological polar surface area (TPSA) is 198 Å². The number of carboxylic acid groups (broad SMARTS) is 2. The van der Waals surface area contributed by atoms with Crippen molar-refractivity contribution in [2.24, 2.45) is 5.92 Å². The van der Waals surface area contributed by atoms with Gasteiger partial charge in [0.05, 0.1) is 40.9 Å². The van der Waals surface area contributed by atoms with Gasteiger partial charge < -0.3 is 40.7 Å². The third-order valence-corrected chi connectivity index (χ3v) is 9.22. The molecule has 4 amide bonds. The van der Waals surface area contributed by atoms with Gasteiger partial charge in [0.25, 0.3) is 5.91 Å². The summed E-state index contributed by atoms with van der Waals surface area (Å²) in [5.41, 5.74) is 4.46. The summed E-state index contributed by atoms with van der Waals surface area (Å²) in [7, 11) is 2.07. The van der Waals surface area contributed by atoms with Crippen LogP contribution in [-0.2, 0) is 11.3 Å². The van der Waals surface area contributed by atoms with Crippen LogP contribution in [-0.4, -0.2) is 94.6 Å². The molecule has 15 nitrogen and oxygen atoms in total. The van der Waals surface area contributed by atoms with E-state index in [1.165, 1.54) is 11.8 Å². The van der Waals surface area contributed by atoms with E-state index in [4.69, 9.17) is 9.72 Å². The van der Waals surface area contributed by atoms with Gasteiger partial charge in [0.15, 0.2) is 5.69 Å². The molecule has 6 N–H and O–H groups in total. The highest BCUT2D eigenvalue weighted by Gasteiger charge is 2.37. The molecule has 2 aliphatic heterocycles. The Balaban J connectivity index is 1.30. The number of hydrogen-bond donors (Lipinski definition) is 6. The molecule has 3 atom stereocenters. The Morgan fingerprint density at radius 1 is 0.942 bits per heavy atom. The number of carbonyl (C=O) groups excluding carboxylic acids is 2. The van der Waals surface area contributed by atoms with E-state index in [0.29, 0.717) is 28.8 Å². The Labute approximate surface area is 299 Å². The molecule has 0 bridgehead atoms. The molecule has 0 aliphatic carbocycles. The molecule has 15 heteroatoms. The number of ether oxygens (including phenoxy) is 1. The number of pyridine rings is 2. The van der Waals surface area contributed by atoms with E-state index < -0.39 is 36.3 Å². The van der Waals surface area contributed by atoms with Crippen molar-refractivity contribution in [1.29, 1.82) is 0 Å². The molecule has 4 aromatic rings. The van der Waals surface area contributed by atoms with Crippen molar-refractivity contribution in [3.05, 3.63) is 96.0 Å². The van der Waals surface area contributed by atoms with E-state index in [2.05, 4.69) is 44.3 Å². The van der Waals surface area contributed by atoms with Crippen molar-refractivity contribution < 1.29 is 34.1 Å². The van der Waals surface area contributed by atoms with Gasteiger partial charge in [0.1, 0.15) is 6.61 Å². The molecule has 6 rings (SSSR count). The van der Waals surface area contributed by atoms with Crippen LogP contribution >= 0.6 is 0 Å². The number of piperidine rings is 1. The Morgan fingerprint density at radius 2 is 1.73 bits per heavy atom. The van der Waals surface area contributed by atoms with Crippen LogP contribution < -0.4 is 26.2 Å². The minimum absolute atomic E-state index is 0.0246. The number of aromatic nitrogens is 2. The van der Waals surface area contributed by atoms with Crippen LogP contribution in [0.4, 0.5) is 31.4 Å². The number of fused-ring (bicyclic) bond motifs is 1. The van der Waals surface area contributed by atoms with E-state index in [1.54, 1.807) is 18.3 Å². The fourth-order valence-electron chi connectivity index (χ4n) is 6.64. The molecule has 2 aromatic heterocycles. The smallest absolute Gasteiger partial charge is 0.412 e. The second kappa shape index (κ2) is 15.8. The summed E-state index contributed by atoms with van der Waals surface area (Å²) >= 11 is 0. The largest absolute Gasteiger partial charge is 0.465 e. The van der Waals surface area contributed by atoms with Crippen LogP contribution in [0.5, 0.6) is 0 Å². The lowest BCUT2D eigenvalue weighted by Crippen LogP contribution is -2.64. The Kier molecular flexibility index (Phi) is 10.8. The first kappa shape index (κ1) is 35.6. The summed E-state index contributed by atoms with van der Waals surface area (Å²) < 4.78 is 5.46. The van der Waals surface area contributed by atoms with Gasteiger partial charge in [-0.1, -0.05) is 55.5 Å². The summed E-state index contributed by atoms with van der Waals surface area (Å²) in [6.07, 6.45) is 2.74. The molecule has 0 spiro atoms. The first-order valence-corrected chi connectivity index (χ1v) is 16.8. The van der Waals surface area contributed by atoms with Crippen LogP contribution in [0.1, 0.15) is 35.0 Å². The molecule has 0 radical (unpaired) electrons.